The Morgan fingerprint density at radius 2 is 1.58 bits per heavy atom. The summed E-state index contributed by atoms with van der Waals surface area (Å²) in [4.78, 5) is 11.6. The van der Waals surface area contributed by atoms with Crippen LogP contribution in [0.2, 0.25) is 0 Å². The fourth-order valence-electron chi connectivity index (χ4n) is 4.95. The van der Waals surface area contributed by atoms with Crippen LogP contribution in [0.15, 0.2) is 0 Å². The van der Waals surface area contributed by atoms with Crippen molar-refractivity contribution >= 4 is 5.97 Å². The number of ether oxygens (including phenoxy) is 1. The van der Waals surface area contributed by atoms with Crippen LogP contribution < -0.4 is 0 Å². The van der Waals surface area contributed by atoms with Crippen LogP contribution in [-0.2, 0) is 9.53 Å². The number of unbranched alkanes of at least 4 members (excludes halogenated alkanes) is 7. The molecule has 1 spiro atoms. The summed E-state index contributed by atoms with van der Waals surface area (Å²) in [6, 6.07) is 0. The van der Waals surface area contributed by atoms with Gasteiger partial charge in [-0.1, -0.05) is 71.1 Å². The quantitative estimate of drug-likeness (QED) is 0.473. The zero-order valence-corrected chi connectivity index (χ0v) is 15.7. The Labute approximate surface area is 148 Å². The van der Waals surface area contributed by atoms with Crippen molar-refractivity contribution in [3.8, 4) is 0 Å². The standard InChI is InChI=1S/C21H38O3/c1-2-3-4-5-6-7-8-12-17-24-19-18(20(22)23)13-16-21(19)14-10-9-11-15-21/h18-19H,2-17H2,1H3,(H,22,23). The normalized spacial score (nSPS) is 26.0. The summed E-state index contributed by atoms with van der Waals surface area (Å²) >= 11 is 0. The Hall–Kier alpha value is -0.570. The van der Waals surface area contributed by atoms with Crippen LogP contribution in [0.25, 0.3) is 0 Å². The Balaban J connectivity index is 1.69. The minimum Gasteiger partial charge on any atom is -0.481 e. The predicted molar refractivity (Wildman–Crippen MR) is 98.2 cm³/mol. The van der Waals surface area contributed by atoms with Gasteiger partial charge in [0.1, 0.15) is 0 Å². The maximum absolute atomic E-state index is 11.6. The fraction of sp³-hybridized carbons (Fsp3) is 0.952. The first-order valence-corrected chi connectivity index (χ1v) is 10.5. The van der Waals surface area contributed by atoms with Gasteiger partial charge in [-0.25, -0.2) is 0 Å². The second-order valence-corrected chi connectivity index (χ2v) is 8.17. The molecule has 0 aliphatic heterocycles. The van der Waals surface area contributed by atoms with Gasteiger partial charge >= 0.3 is 5.97 Å². The lowest BCUT2D eigenvalue weighted by atomic mass is 9.70. The largest absolute Gasteiger partial charge is 0.481 e. The van der Waals surface area contributed by atoms with Crippen molar-refractivity contribution in [2.45, 2.75) is 109 Å². The smallest absolute Gasteiger partial charge is 0.309 e. The number of carbonyl (C=O) groups is 1. The first-order valence-electron chi connectivity index (χ1n) is 10.5. The van der Waals surface area contributed by atoms with Crippen LogP contribution in [0.5, 0.6) is 0 Å². The van der Waals surface area contributed by atoms with Gasteiger partial charge < -0.3 is 9.84 Å². The number of carboxylic acids is 1. The molecule has 2 rings (SSSR count). The molecular formula is C21H38O3. The fourth-order valence-corrected chi connectivity index (χ4v) is 4.95. The molecule has 3 nitrogen and oxygen atoms in total. The minimum absolute atomic E-state index is 0.0279. The average molecular weight is 339 g/mol. The molecule has 0 bridgehead atoms. The Kier molecular flexibility index (Phi) is 8.58. The van der Waals surface area contributed by atoms with Crippen LogP contribution >= 0.6 is 0 Å². The van der Waals surface area contributed by atoms with E-state index in [0.29, 0.717) is 0 Å². The van der Waals surface area contributed by atoms with Gasteiger partial charge in [0.25, 0.3) is 0 Å². The van der Waals surface area contributed by atoms with E-state index in [1.54, 1.807) is 0 Å². The minimum atomic E-state index is -0.640. The van der Waals surface area contributed by atoms with Gasteiger partial charge in [0.2, 0.25) is 0 Å². The van der Waals surface area contributed by atoms with Crippen molar-refractivity contribution in [1.29, 1.82) is 0 Å². The lowest BCUT2D eigenvalue weighted by Crippen LogP contribution is -2.40. The molecule has 0 aromatic carbocycles. The third-order valence-electron chi connectivity index (χ3n) is 6.38. The topological polar surface area (TPSA) is 46.5 Å². The zero-order chi connectivity index (χ0) is 17.3. The summed E-state index contributed by atoms with van der Waals surface area (Å²) in [6.45, 7) is 3.01. The molecule has 2 fully saturated rings. The molecule has 0 aromatic heterocycles. The Morgan fingerprint density at radius 3 is 2.21 bits per heavy atom. The molecule has 24 heavy (non-hydrogen) atoms. The van der Waals surface area contributed by atoms with Crippen LogP contribution in [0.4, 0.5) is 0 Å². The van der Waals surface area contributed by atoms with E-state index in [1.807, 2.05) is 0 Å². The first kappa shape index (κ1) is 19.8. The molecule has 0 heterocycles. The molecule has 0 saturated heterocycles. The van der Waals surface area contributed by atoms with Crippen molar-refractivity contribution < 1.29 is 14.6 Å². The molecule has 2 unspecified atom stereocenters. The van der Waals surface area contributed by atoms with Gasteiger partial charge in [0, 0.05) is 6.61 Å². The molecule has 2 atom stereocenters. The molecule has 2 aliphatic rings. The molecule has 0 amide bonds. The van der Waals surface area contributed by atoms with Crippen molar-refractivity contribution in [3.63, 3.8) is 0 Å². The number of aliphatic carboxylic acids is 1. The molecule has 1 N–H and O–H groups in total. The van der Waals surface area contributed by atoms with E-state index in [4.69, 9.17) is 4.74 Å². The highest BCUT2D eigenvalue weighted by Gasteiger charge is 2.51. The van der Waals surface area contributed by atoms with Crippen molar-refractivity contribution in [2.75, 3.05) is 6.61 Å². The van der Waals surface area contributed by atoms with Gasteiger partial charge in [0.15, 0.2) is 0 Å². The van der Waals surface area contributed by atoms with Gasteiger partial charge in [-0.15, -0.1) is 0 Å². The van der Waals surface area contributed by atoms with Crippen LogP contribution in [-0.4, -0.2) is 23.8 Å². The summed E-state index contributed by atoms with van der Waals surface area (Å²) in [5.41, 5.74) is 0.182. The maximum atomic E-state index is 11.6. The summed E-state index contributed by atoms with van der Waals surface area (Å²) in [5.74, 6) is -0.907. The summed E-state index contributed by atoms with van der Waals surface area (Å²) in [6.07, 6.45) is 18.4. The molecule has 2 saturated carbocycles. The van der Waals surface area contributed by atoms with Gasteiger partial charge in [-0.05, 0) is 37.5 Å². The van der Waals surface area contributed by atoms with Gasteiger partial charge in [0.05, 0.1) is 12.0 Å². The third kappa shape index (κ3) is 5.47. The lowest BCUT2D eigenvalue weighted by Gasteiger charge is -2.39. The Morgan fingerprint density at radius 1 is 0.958 bits per heavy atom. The third-order valence-corrected chi connectivity index (χ3v) is 6.38. The molecular weight excluding hydrogens is 300 g/mol. The highest BCUT2D eigenvalue weighted by molar-refractivity contribution is 5.71. The van der Waals surface area contributed by atoms with Crippen molar-refractivity contribution in [2.24, 2.45) is 11.3 Å². The number of rotatable bonds is 11. The monoisotopic (exact) mass is 338 g/mol. The zero-order valence-electron chi connectivity index (χ0n) is 15.7. The Bertz CT molecular complexity index is 360. The number of hydrogen-bond donors (Lipinski definition) is 1. The average Bonchev–Trinajstić information content (AvgIpc) is 2.92. The summed E-state index contributed by atoms with van der Waals surface area (Å²) < 4.78 is 6.23. The molecule has 0 radical (unpaired) electrons. The predicted octanol–water partition coefficient (Wildman–Crippen LogP) is 5.96. The highest BCUT2D eigenvalue weighted by atomic mass is 16.5. The number of hydrogen-bond acceptors (Lipinski definition) is 2. The molecule has 0 aromatic rings. The summed E-state index contributed by atoms with van der Waals surface area (Å²) in [5, 5.41) is 9.56. The van der Waals surface area contributed by atoms with E-state index in [-0.39, 0.29) is 17.4 Å². The van der Waals surface area contributed by atoms with E-state index in [2.05, 4.69) is 6.92 Å². The maximum Gasteiger partial charge on any atom is 0.309 e. The van der Waals surface area contributed by atoms with E-state index in [1.165, 1.54) is 77.0 Å². The molecule has 2 aliphatic carbocycles. The molecule has 3 heteroatoms. The first-order chi connectivity index (χ1) is 11.7. The second-order valence-electron chi connectivity index (χ2n) is 8.17. The van der Waals surface area contributed by atoms with Crippen LogP contribution in [0.1, 0.15) is 103 Å². The summed E-state index contributed by atoms with van der Waals surface area (Å²) in [7, 11) is 0. The van der Waals surface area contributed by atoms with Gasteiger partial charge in [-0.2, -0.15) is 0 Å². The SMILES string of the molecule is CCCCCCCCCCOC1C(C(=O)O)CCC12CCCCC2. The van der Waals surface area contributed by atoms with E-state index in [9.17, 15) is 9.90 Å². The highest BCUT2D eigenvalue weighted by Crippen LogP contribution is 2.52. The lowest BCUT2D eigenvalue weighted by molar-refractivity contribution is -0.150. The second kappa shape index (κ2) is 10.4. The van der Waals surface area contributed by atoms with Crippen LogP contribution in [0, 0.1) is 11.3 Å². The van der Waals surface area contributed by atoms with Gasteiger partial charge in [-0.3, -0.25) is 4.79 Å². The molecule has 140 valence electrons. The van der Waals surface area contributed by atoms with E-state index in [0.717, 1.165) is 25.9 Å². The van der Waals surface area contributed by atoms with Crippen molar-refractivity contribution in [3.05, 3.63) is 0 Å². The van der Waals surface area contributed by atoms with Crippen molar-refractivity contribution in [1.82, 2.24) is 0 Å². The number of carboxylic acid groups (broad SMARTS) is 1. The van der Waals surface area contributed by atoms with E-state index >= 15 is 0 Å². The van der Waals surface area contributed by atoms with Crippen LogP contribution in [0.3, 0.4) is 0 Å². The van der Waals surface area contributed by atoms with E-state index < -0.39 is 5.97 Å².